The van der Waals surface area contributed by atoms with E-state index < -0.39 is 0 Å². The van der Waals surface area contributed by atoms with E-state index in [-0.39, 0.29) is 12.4 Å². The van der Waals surface area contributed by atoms with Crippen LogP contribution < -0.4 is 5.32 Å². The van der Waals surface area contributed by atoms with Crippen LogP contribution in [0.2, 0.25) is 0 Å². The van der Waals surface area contributed by atoms with E-state index in [1.54, 1.807) is 0 Å². The van der Waals surface area contributed by atoms with Crippen LogP contribution in [0.25, 0.3) is 0 Å². The van der Waals surface area contributed by atoms with Gasteiger partial charge in [0.2, 0.25) is 0 Å². The Labute approximate surface area is 75.7 Å². The largest absolute Gasteiger partial charge is 0.499 e. The van der Waals surface area contributed by atoms with E-state index in [1.807, 2.05) is 6.07 Å². The summed E-state index contributed by atoms with van der Waals surface area (Å²) >= 11 is 1.51. The van der Waals surface area contributed by atoms with Crippen LogP contribution in [-0.2, 0) is 13.0 Å². The molecule has 11 heavy (non-hydrogen) atoms. The van der Waals surface area contributed by atoms with Crippen LogP contribution in [0.4, 0.5) is 0 Å². The Kier molecular flexibility index (Phi) is 2.76. The molecule has 0 bridgehead atoms. The number of hydrogen-bond donors (Lipinski definition) is 2. The smallest absolute Gasteiger partial charge is 0.171 e. The molecule has 4 heteroatoms. The van der Waals surface area contributed by atoms with E-state index >= 15 is 0 Å². The first-order valence-corrected chi connectivity index (χ1v) is 4.19. The highest BCUT2D eigenvalue weighted by Gasteiger charge is 2.11. The summed E-state index contributed by atoms with van der Waals surface area (Å²) in [5.74, 6) is 0. The lowest BCUT2D eigenvalue weighted by atomic mass is 10.1. The van der Waals surface area contributed by atoms with E-state index in [9.17, 15) is 0 Å². The molecular weight excluding hydrogens is 182 g/mol. The summed E-state index contributed by atoms with van der Waals surface area (Å²) in [4.78, 5) is 1.34. The second-order valence-corrected chi connectivity index (χ2v) is 3.58. The van der Waals surface area contributed by atoms with Crippen LogP contribution in [0.1, 0.15) is 10.4 Å². The Morgan fingerprint density at radius 1 is 1.55 bits per heavy atom. The van der Waals surface area contributed by atoms with Crippen LogP contribution in [0.3, 0.4) is 0 Å². The number of thiophene rings is 1. The van der Waals surface area contributed by atoms with Crippen molar-refractivity contribution in [2.24, 2.45) is 0 Å². The summed E-state index contributed by atoms with van der Waals surface area (Å²) in [6.45, 7) is 1.97. The number of aromatic hydroxyl groups is 1. The summed E-state index contributed by atoms with van der Waals surface area (Å²) in [6, 6.07) is 1.85. The first kappa shape index (κ1) is 8.84. The lowest BCUT2D eigenvalue weighted by Gasteiger charge is -2.10. The molecule has 0 saturated heterocycles. The van der Waals surface area contributed by atoms with E-state index in [2.05, 4.69) is 5.32 Å². The van der Waals surface area contributed by atoms with Gasteiger partial charge in [0.15, 0.2) is 5.06 Å². The topological polar surface area (TPSA) is 32.3 Å². The van der Waals surface area contributed by atoms with Crippen LogP contribution >= 0.6 is 23.7 Å². The monoisotopic (exact) mass is 191 g/mol. The number of rotatable bonds is 0. The molecule has 2 rings (SSSR count). The van der Waals surface area contributed by atoms with Crippen molar-refractivity contribution in [3.8, 4) is 5.06 Å². The molecule has 0 aromatic carbocycles. The van der Waals surface area contributed by atoms with Crippen molar-refractivity contribution < 1.29 is 5.11 Å². The first-order valence-electron chi connectivity index (χ1n) is 3.37. The van der Waals surface area contributed by atoms with Gasteiger partial charge in [0.1, 0.15) is 0 Å². The lowest BCUT2D eigenvalue weighted by Crippen LogP contribution is -2.21. The molecule has 1 aromatic rings. The quantitative estimate of drug-likeness (QED) is 0.652. The van der Waals surface area contributed by atoms with Gasteiger partial charge in [-0.1, -0.05) is 0 Å². The fourth-order valence-corrected chi connectivity index (χ4v) is 2.16. The van der Waals surface area contributed by atoms with Crippen LogP contribution in [0.5, 0.6) is 5.06 Å². The van der Waals surface area contributed by atoms with Crippen LogP contribution in [0, 0.1) is 0 Å². The third-order valence-electron chi connectivity index (χ3n) is 1.73. The molecule has 0 aliphatic carbocycles. The normalized spacial score (nSPS) is 15.3. The van der Waals surface area contributed by atoms with Crippen LogP contribution in [-0.4, -0.2) is 11.7 Å². The van der Waals surface area contributed by atoms with Gasteiger partial charge in [-0.05, 0) is 18.1 Å². The van der Waals surface area contributed by atoms with Gasteiger partial charge < -0.3 is 10.4 Å². The maximum Gasteiger partial charge on any atom is 0.171 e. The molecule has 1 aliphatic rings. The lowest BCUT2D eigenvalue weighted by molar-refractivity contribution is 0.490. The van der Waals surface area contributed by atoms with Gasteiger partial charge >= 0.3 is 0 Å². The molecule has 2 N–H and O–H groups in total. The zero-order chi connectivity index (χ0) is 6.97. The molecular formula is C7H10ClNOS. The molecule has 0 radical (unpaired) electrons. The van der Waals surface area contributed by atoms with Gasteiger partial charge in [0.25, 0.3) is 0 Å². The molecule has 0 atom stereocenters. The molecule has 0 fully saturated rings. The first-order chi connectivity index (χ1) is 4.86. The van der Waals surface area contributed by atoms with Gasteiger partial charge in [0, 0.05) is 18.0 Å². The van der Waals surface area contributed by atoms with Crippen molar-refractivity contribution in [2.45, 2.75) is 13.0 Å². The predicted octanol–water partition coefficient (Wildman–Crippen LogP) is 1.52. The second kappa shape index (κ2) is 3.43. The maximum absolute atomic E-state index is 9.11. The highest BCUT2D eigenvalue weighted by atomic mass is 35.5. The van der Waals surface area contributed by atoms with Crippen molar-refractivity contribution in [2.75, 3.05) is 6.54 Å². The summed E-state index contributed by atoms with van der Waals surface area (Å²) in [6.07, 6.45) is 1.07. The van der Waals surface area contributed by atoms with Crippen molar-refractivity contribution in [3.63, 3.8) is 0 Å². The number of fused-ring (bicyclic) bond motifs is 1. The number of nitrogens with one attached hydrogen (secondary N) is 1. The zero-order valence-corrected chi connectivity index (χ0v) is 7.60. The van der Waals surface area contributed by atoms with Gasteiger partial charge in [-0.2, -0.15) is 0 Å². The highest BCUT2D eigenvalue weighted by Crippen LogP contribution is 2.29. The van der Waals surface area contributed by atoms with Crippen molar-refractivity contribution in [1.82, 2.24) is 5.32 Å². The molecule has 0 saturated carbocycles. The van der Waals surface area contributed by atoms with E-state index in [4.69, 9.17) is 5.11 Å². The average molecular weight is 192 g/mol. The Bertz CT molecular complexity index is 225. The predicted molar refractivity (Wildman–Crippen MR) is 48.6 cm³/mol. The van der Waals surface area contributed by atoms with Gasteiger partial charge in [-0.15, -0.1) is 23.7 Å². The molecule has 62 valence electrons. The van der Waals surface area contributed by atoms with Crippen LogP contribution in [0.15, 0.2) is 6.07 Å². The van der Waals surface area contributed by atoms with E-state index in [0.29, 0.717) is 5.06 Å². The minimum absolute atomic E-state index is 0. The summed E-state index contributed by atoms with van der Waals surface area (Å²) in [5, 5.41) is 12.8. The van der Waals surface area contributed by atoms with Crippen molar-refractivity contribution in [1.29, 1.82) is 0 Å². The van der Waals surface area contributed by atoms with Crippen molar-refractivity contribution in [3.05, 3.63) is 16.5 Å². The minimum atomic E-state index is 0. The zero-order valence-electron chi connectivity index (χ0n) is 5.96. The van der Waals surface area contributed by atoms with E-state index in [1.165, 1.54) is 21.8 Å². The minimum Gasteiger partial charge on any atom is -0.499 e. The number of halogens is 1. The number of hydrogen-bond acceptors (Lipinski definition) is 3. The molecule has 0 spiro atoms. The Balaban J connectivity index is 0.000000605. The molecule has 2 heterocycles. The standard InChI is InChI=1S/C7H9NOS.ClH/c9-7-3-5-4-8-2-1-6(5)10-7;/h3,8-9H,1-2,4H2;1H. The molecule has 1 aromatic heterocycles. The summed E-state index contributed by atoms with van der Waals surface area (Å²) in [5.41, 5.74) is 1.27. The van der Waals surface area contributed by atoms with Crippen molar-refractivity contribution >= 4 is 23.7 Å². The third-order valence-corrected chi connectivity index (χ3v) is 2.77. The Morgan fingerprint density at radius 2 is 2.36 bits per heavy atom. The molecule has 2 nitrogen and oxygen atoms in total. The molecule has 1 aliphatic heterocycles. The fraction of sp³-hybridized carbons (Fsp3) is 0.429. The Morgan fingerprint density at radius 3 is 3.09 bits per heavy atom. The van der Waals surface area contributed by atoms with E-state index in [0.717, 1.165) is 19.5 Å². The van der Waals surface area contributed by atoms with Gasteiger partial charge in [-0.25, -0.2) is 0 Å². The summed E-state index contributed by atoms with van der Waals surface area (Å²) in [7, 11) is 0. The van der Waals surface area contributed by atoms with Gasteiger partial charge in [0.05, 0.1) is 0 Å². The fourth-order valence-electron chi connectivity index (χ4n) is 1.24. The average Bonchev–Trinajstić information content (AvgIpc) is 2.27. The molecule has 0 unspecified atom stereocenters. The second-order valence-electron chi connectivity index (χ2n) is 2.46. The SMILES string of the molecule is Cl.Oc1cc2c(s1)CCNC2. The molecule has 0 amide bonds. The summed E-state index contributed by atoms with van der Waals surface area (Å²) < 4.78 is 0. The maximum atomic E-state index is 9.11. The van der Waals surface area contributed by atoms with Gasteiger partial charge in [-0.3, -0.25) is 0 Å². The third kappa shape index (κ3) is 1.67. The highest BCUT2D eigenvalue weighted by molar-refractivity contribution is 7.13. The Hall–Kier alpha value is -0.250.